The van der Waals surface area contributed by atoms with Gasteiger partial charge in [0.1, 0.15) is 13.2 Å². The molecule has 0 aliphatic rings. The Kier molecular flexibility index (Phi) is 56.1. The van der Waals surface area contributed by atoms with Crippen LogP contribution in [0.4, 0.5) is 0 Å². The molecule has 0 bridgehead atoms. The molecule has 3 unspecified atom stereocenters. The maximum atomic E-state index is 13.0. The van der Waals surface area contributed by atoms with Gasteiger partial charge in [0.25, 0.3) is 0 Å². The molecule has 0 saturated heterocycles. The first kappa shape index (κ1) is 74.4. The molecule has 3 atom stereocenters. The predicted molar refractivity (Wildman–Crippen MR) is 336 cm³/mol. The molecule has 0 aromatic rings. The molecular formula is C68H124N2O6P+. The maximum absolute atomic E-state index is 13.0. The summed E-state index contributed by atoms with van der Waals surface area (Å²) < 4.78 is 23.8. The zero-order chi connectivity index (χ0) is 56.3. The van der Waals surface area contributed by atoms with E-state index >= 15 is 0 Å². The number of nitrogens with one attached hydrogen (secondary N) is 1. The van der Waals surface area contributed by atoms with E-state index in [9.17, 15) is 19.4 Å². The Labute approximate surface area is 477 Å². The van der Waals surface area contributed by atoms with E-state index in [0.717, 1.165) is 77.0 Å². The lowest BCUT2D eigenvalue weighted by atomic mass is 10.0. The Morgan fingerprint density at radius 2 is 0.792 bits per heavy atom. The lowest BCUT2D eigenvalue weighted by molar-refractivity contribution is -0.870. The largest absolute Gasteiger partial charge is 0.472 e. The topological polar surface area (TPSA) is 105 Å². The minimum Gasteiger partial charge on any atom is -0.387 e. The van der Waals surface area contributed by atoms with Gasteiger partial charge in [-0.2, -0.15) is 0 Å². The molecule has 0 aromatic carbocycles. The van der Waals surface area contributed by atoms with Crippen LogP contribution < -0.4 is 5.32 Å². The van der Waals surface area contributed by atoms with Gasteiger partial charge >= 0.3 is 7.82 Å². The molecule has 0 aliphatic carbocycles. The summed E-state index contributed by atoms with van der Waals surface area (Å²) >= 11 is 0. The second-order valence-corrected chi connectivity index (χ2v) is 24.2. The number of hydrogen-bond acceptors (Lipinski definition) is 5. The van der Waals surface area contributed by atoms with Gasteiger partial charge in [-0.05, 0) is 83.5 Å². The van der Waals surface area contributed by atoms with Crippen molar-refractivity contribution in [3.05, 3.63) is 97.2 Å². The van der Waals surface area contributed by atoms with E-state index in [0.29, 0.717) is 17.4 Å². The Hall–Kier alpha value is -2.58. The van der Waals surface area contributed by atoms with E-state index < -0.39 is 20.0 Å². The molecule has 0 radical (unpaired) electrons. The number of likely N-dealkylation sites (N-methyl/N-ethyl adjacent to an activating group) is 1. The number of carbonyl (C=O) groups is 1. The van der Waals surface area contributed by atoms with Gasteiger partial charge in [0.15, 0.2) is 0 Å². The summed E-state index contributed by atoms with van der Waals surface area (Å²) in [6.45, 7) is 4.70. The third-order valence-corrected chi connectivity index (χ3v) is 15.0. The van der Waals surface area contributed by atoms with Gasteiger partial charge in [-0.25, -0.2) is 4.57 Å². The zero-order valence-electron chi connectivity index (χ0n) is 50.9. The lowest BCUT2D eigenvalue weighted by Gasteiger charge is -2.25. The quantitative estimate of drug-likeness (QED) is 0.0243. The third-order valence-electron chi connectivity index (χ3n) is 14.0. The SMILES string of the molecule is CC/C=C\C/C=C\C/C=C\C/C=C\C/C=C\C/C=C\CCCCCCCCCCCCCCCCC(=O)NC(COP(=O)(O)OCC[N+](C)(C)C)C(O)/C=C/CC/C=C/CCCCCCCCCCCCCCCCCC. The van der Waals surface area contributed by atoms with E-state index in [1.807, 2.05) is 27.2 Å². The fourth-order valence-corrected chi connectivity index (χ4v) is 9.80. The van der Waals surface area contributed by atoms with Crippen molar-refractivity contribution < 1.29 is 32.9 Å². The highest BCUT2D eigenvalue weighted by Gasteiger charge is 2.27. The summed E-state index contributed by atoms with van der Waals surface area (Å²) in [5, 5.41) is 14.0. The number of phosphoric acid groups is 1. The first-order valence-electron chi connectivity index (χ1n) is 32.1. The maximum Gasteiger partial charge on any atom is 0.472 e. The molecule has 9 heteroatoms. The number of aliphatic hydroxyl groups is 1. The van der Waals surface area contributed by atoms with Crippen LogP contribution in [-0.4, -0.2) is 73.4 Å². The fourth-order valence-electron chi connectivity index (χ4n) is 9.06. The van der Waals surface area contributed by atoms with Crippen LogP contribution in [0.3, 0.4) is 0 Å². The van der Waals surface area contributed by atoms with Gasteiger partial charge < -0.3 is 19.8 Å². The smallest absolute Gasteiger partial charge is 0.387 e. The molecule has 0 heterocycles. The number of unbranched alkanes of at least 4 members (excludes halogenated alkanes) is 31. The number of amides is 1. The number of allylic oxidation sites excluding steroid dienone is 15. The molecule has 0 saturated carbocycles. The van der Waals surface area contributed by atoms with Gasteiger partial charge in [-0.3, -0.25) is 13.8 Å². The van der Waals surface area contributed by atoms with Crippen LogP contribution in [0, 0.1) is 0 Å². The average molecular weight is 1100 g/mol. The molecule has 77 heavy (non-hydrogen) atoms. The average Bonchev–Trinajstić information content (AvgIpc) is 3.39. The van der Waals surface area contributed by atoms with E-state index in [2.05, 4.69) is 104 Å². The summed E-state index contributed by atoms with van der Waals surface area (Å²) in [5.41, 5.74) is 0. The third kappa shape index (κ3) is 60.9. The Morgan fingerprint density at radius 1 is 0.455 bits per heavy atom. The first-order chi connectivity index (χ1) is 37.5. The van der Waals surface area contributed by atoms with Gasteiger partial charge in [-0.1, -0.05) is 284 Å². The van der Waals surface area contributed by atoms with Crippen molar-refractivity contribution in [1.82, 2.24) is 5.32 Å². The molecule has 446 valence electrons. The van der Waals surface area contributed by atoms with Crippen molar-refractivity contribution in [3.63, 3.8) is 0 Å². The van der Waals surface area contributed by atoms with Gasteiger partial charge in [-0.15, -0.1) is 0 Å². The Balaban J connectivity index is 4.16. The van der Waals surface area contributed by atoms with Crippen LogP contribution in [0.1, 0.15) is 277 Å². The van der Waals surface area contributed by atoms with Crippen molar-refractivity contribution in [2.24, 2.45) is 0 Å². The first-order valence-corrected chi connectivity index (χ1v) is 33.6. The lowest BCUT2D eigenvalue weighted by Crippen LogP contribution is -2.45. The van der Waals surface area contributed by atoms with Crippen molar-refractivity contribution in [2.75, 3.05) is 40.9 Å². The van der Waals surface area contributed by atoms with Crippen LogP contribution in [0.25, 0.3) is 0 Å². The number of phosphoric ester groups is 1. The highest BCUT2D eigenvalue weighted by molar-refractivity contribution is 7.47. The van der Waals surface area contributed by atoms with Crippen molar-refractivity contribution in [2.45, 2.75) is 289 Å². The molecule has 3 N–H and O–H groups in total. The summed E-state index contributed by atoms with van der Waals surface area (Å²) in [6, 6.07) is -0.870. The zero-order valence-corrected chi connectivity index (χ0v) is 51.8. The van der Waals surface area contributed by atoms with E-state index in [-0.39, 0.29) is 19.1 Å². The van der Waals surface area contributed by atoms with Crippen molar-refractivity contribution in [3.8, 4) is 0 Å². The molecular weight excluding hydrogens is 972 g/mol. The van der Waals surface area contributed by atoms with Gasteiger partial charge in [0, 0.05) is 6.42 Å². The number of carbonyl (C=O) groups excluding carboxylic acids is 1. The highest BCUT2D eigenvalue weighted by atomic mass is 31.2. The van der Waals surface area contributed by atoms with Crippen LogP contribution in [0.5, 0.6) is 0 Å². The van der Waals surface area contributed by atoms with Crippen LogP contribution >= 0.6 is 7.82 Å². The number of rotatable bonds is 58. The fraction of sp³-hybridized carbons (Fsp3) is 0.750. The normalized spacial score (nSPS) is 14.4. The van der Waals surface area contributed by atoms with Crippen molar-refractivity contribution >= 4 is 13.7 Å². The molecule has 0 rings (SSSR count). The summed E-state index contributed by atoms with van der Waals surface area (Å²) in [4.78, 5) is 23.4. The van der Waals surface area contributed by atoms with Gasteiger partial charge in [0.05, 0.1) is 39.9 Å². The van der Waals surface area contributed by atoms with E-state index in [1.165, 1.54) is 180 Å². The molecule has 0 aromatic heterocycles. The standard InChI is InChI=1S/C68H123N2O6P/c1-6-8-10-12-14-16-18-20-22-24-26-28-30-31-32-33-34-35-36-37-38-39-40-42-44-46-48-50-52-54-56-58-60-62-68(72)69-66(65-76-77(73,74)75-64-63-70(3,4)5)67(71)61-59-57-55-53-51-49-47-45-43-41-29-27-25-23-21-19-17-15-13-11-9-7-2/h8,10,14,16,20,22,26,28,31-32,34-35,51,53,59,61,66-67,71H,6-7,9,11-13,15,17-19,21,23-25,27,29-30,33,36-50,52,54-58,60,62-65H2,1-5H3,(H-,69,72,73,74)/p+1/b10-8-,16-14-,22-20-,28-26-,32-31-,35-34-,53-51+,61-59+. The number of hydrogen-bond donors (Lipinski definition) is 3. The summed E-state index contributed by atoms with van der Waals surface area (Å²) in [7, 11) is 1.55. The van der Waals surface area contributed by atoms with E-state index in [4.69, 9.17) is 9.05 Å². The monoisotopic (exact) mass is 1100 g/mol. The molecule has 1 amide bonds. The number of nitrogens with zero attached hydrogens (tertiary/aromatic N) is 1. The van der Waals surface area contributed by atoms with Crippen molar-refractivity contribution in [1.29, 1.82) is 0 Å². The summed E-state index contributed by atoms with van der Waals surface area (Å²) in [5.74, 6) is -0.188. The second kappa shape index (κ2) is 58.1. The summed E-state index contributed by atoms with van der Waals surface area (Å²) in [6.07, 6.45) is 83.9. The Morgan fingerprint density at radius 3 is 1.19 bits per heavy atom. The second-order valence-electron chi connectivity index (χ2n) is 22.7. The predicted octanol–water partition coefficient (Wildman–Crippen LogP) is 20.2. The molecule has 0 spiro atoms. The van der Waals surface area contributed by atoms with Crippen LogP contribution in [-0.2, 0) is 18.4 Å². The van der Waals surface area contributed by atoms with Crippen LogP contribution in [0.15, 0.2) is 97.2 Å². The Bertz CT molecular complexity index is 1570. The van der Waals surface area contributed by atoms with E-state index in [1.54, 1.807) is 6.08 Å². The van der Waals surface area contributed by atoms with Gasteiger partial charge in [0.2, 0.25) is 5.91 Å². The molecule has 0 fully saturated rings. The number of aliphatic hydroxyl groups excluding tert-OH is 1. The van der Waals surface area contributed by atoms with Crippen LogP contribution in [0.2, 0.25) is 0 Å². The highest BCUT2D eigenvalue weighted by Crippen LogP contribution is 2.43. The molecule has 8 nitrogen and oxygen atoms in total. The minimum absolute atomic E-state index is 0.0531. The molecule has 0 aliphatic heterocycles. The minimum atomic E-state index is -4.36. The number of quaternary nitrogens is 1.